The molecule has 1 fully saturated rings. The highest BCUT2D eigenvalue weighted by Gasteiger charge is 2.31. The first-order valence-electron chi connectivity index (χ1n) is 16.3. The molecule has 4 N–H and O–H groups in total. The zero-order chi connectivity index (χ0) is 35.7. The number of rotatable bonds is 12. The van der Waals surface area contributed by atoms with Gasteiger partial charge in [-0.15, -0.1) is 13.2 Å². The van der Waals surface area contributed by atoms with Gasteiger partial charge in [-0.05, 0) is 83.0 Å². The first-order valence-corrected chi connectivity index (χ1v) is 16.3. The summed E-state index contributed by atoms with van der Waals surface area (Å²) in [5.41, 5.74) is 4.64. The number of anilines is 1. The van der Waals surface area contributed by atoms with Crippen molar-refractivity contribution in [2.75, 3.05) is 11.4 Å². The summed E-state index contributed by atoms with van der Waals surface area (Å²) in [6, 6.07) is 26.7. The molecule has 0 radical (unpaired) electrons. The average molecular weight is 690 g/mol. The number of nitrogens with one attached hydrogen (secondary N) is 2. The first kappa shape index (κ1) is 35.9. The van der Waals surface area contributed by atoms with Crippen molar-refractivity contribution in [1.82, 2.24) is 10.6 Å². The molecule has 4 aromatic rings. The predicted octanol–water partition coefficient (Wildman–Crippen LogP) is 7.39. The van der Waals surface area contributed by atoms with E-state index >= 15 is 0 Å². The van der Waals surface area contributed by atoms with Crippen LogP contribution in [0.25, 0.3) is 11.1 Å². The Morgan fingerprint density at radius 1 is 0.860 bits per heavy atom. The minimum Gasteiger partial charge on any atom is -0.479 e. The molecule has 0 saturated heterocycles. The van der Waals surface area contributed by atoms with E-state index in [1.165, 1.54) is 43.0 Å². The molecule has 50 heavy (non-hydrogen) atoms. The summed E-state index contributed by atoms with van der Waals surface area (Å²) in [5, 5.41) is 23.6. The first-order chi connectivity index (χ1) is 24.0. The van der Waals surface area contributed by atoms with Gasteiger partial charge in [-0.2, -0.15) is 0 Å². The Hall–Kier alpha value is -5.36. The van der Waals surface area contributed by atoms with Gasteiger partial charge < -0.3 is 25.6 Å². The van der Waals surface area contributed by atoms with E-state index in [-0.39, 0.29) is 24.4 Å². The summed E-state index contributed by atoms with van der Waals surface area (Å²) >= 11 is 0. The van der Waals surface area contributed by atoms with Gasteiger partial charge in [-0.25, -0.2) is 9.59 Å². The van der Waals surface area contributed by atoms with Crippen LogP contribution in [-0.4, -0.2) is 47.1 Å². The molecule has 1 aliphatic rings. The van der Waals surface area contributed by atoms with E-state index < -0.39 is 36.9 Å². The summed E-state index contributed by atoms with van der Waals surface area (Å²) in [5.74, 6) is -1.87. The molecule has 0 aromatic heterocycles. The summed E-state index contributed by atoms with van der Waals surface area (Å²) in [4.78, 5) is 38.8. The molecular weight excluding hydrogens is 651 g/mol. The zero-order valence-corrected chi connectivity index (χ0v) is 27.2. The lowest BCUT2D eigenvalue weighted by atomic mass is 9.84. The number of aliphatic hydroxyl groups is 1. The Labute approximate surface area is 287 Å². The number of benzene rings is 4. The number of nitrogens with zero attached hydrogens (tertiary/aromatic N) is 1. The van der Waals surface area contributed by atoms with Gasteiger partial charge in [-0.3, -0.25) is 9.69 Å². The van der Waals surface area contributed by atoms with E-state index in [0.717, 1.165) is 12.8 Å². The van der Waals surface area contributed by atoms with Gasteiger partial charge in [0.05, 0.1) is 13.1 Å². The number of amides is 3. The van der Waals surface area contributed by atoms with Gasteiger partial charge in [-0.1, -0.05) is 79.9 Å². The fourth-order valence-corrected chi connectivity index (χ4v) is 6.05. The summed E-state index contributed by atoms with van der Waals surface area (Å²) in [7, 11) is 0. The Morgan fingerprint density at radius 3 is 2.24 bits per heavy atom. The number of carbonyl (C=O) groups excluding carboxylic acids is 2. The summed E-state index contributed by atoms with van der Waals surface area (Å²) < 4.78 is 42.7. The highest BCUT2D eigenvalue weighted by molar-refractivity contribution is 5.95. The van der Waals surface area contributed by atoms with Gasteiger partial charge in [0, 0.05) is 17.8 Å². The van der Waals surface area contributed by atoms with Crippen LogP contribution >= 0.6 is 0 Å². The molecule has 12 heteroatoms. The maximum atomic E-state index is 13.9. The number of hydrogen-bond donors (Lipinski definition) is 4. The van der Waals surface area contributed by atoms with E-state index in [2.05, 4.69) is 27.5 Å². The van der Waals surface area contributed by atoms with Crippen molar-refractivity contribution in [3.63, 3.8) is 0 Å². The third-order valence-electron chi connectivity index (χ3n) is 8.65. The largest absolute Gasteiger partial charge is 0.573 e. The molecule has 1 unspecified atom stereocenters. The van der Waals surface area contributed by atoms with Crippen molar-refractivity contribution in [2.24, 2.45) is 0 Å². The number of urea groups is 1. The number of aliphatic hydroxyl groups excluding tert-OH is 1. The Bertz CT molecular complexity index is 1770. The molecule has 262 valence electrons. The molecule has 0 bridgehead atoms. The molecule has 1 saturated carbocycles. The molecule has 0 heterocycles. The summed E-state index contributed by atoms with van der Waals surface area (Å²) in [6.45, 7) is -0.222. The lowest BCUT2D eigenvalue weighted by Gasteiger charge is -2.26. The summed E-state index contributed by atoms with van der Waals surface area (Å²) in [6.07, 6.45) is -0.680. The molecule has 3 amide bonds. The lowest BCUT2D eigenvalue weighted by Crippen LogP contribution is -2.39. The monoisotopic (exact) mass is 689 g/mol. The molecule has 1 aliphatic carbocycles. The van der Waals surface area contributed by atoms with E-state index in [4.69, 9.17) is 5.11 Å². The van der Waals surface area contributed by atoms with E-state index in [0.29, 0.717) is 33.9 Å². The smallest absolute Gasteiger partial charge is 0.479 e. The standard InChI is InChI=1S/C38H38F3N3O6/c39-38(40,41)50-32-11-6-10-29(21-32)33-12-5-4-9-30(33)22-43-37(49)44(31-19-17-27(18-20-31)26-7-2-1-3-8-26)24-25-13-15-28(16-14-25)35(46)42-23-34(45)36(47)48/h4-6,9-21,26,34,45H,1-3,7-8,22-24H2,(H,42,46)(H,43,49)(H,47,48). The van der Waals surface area contributed by atoms with Crippen LogP contribution in [0.15, 0.2) is 97.1 Å². The van der Waals surface area contributed by atoms with E-state index in [9.17, 15) is 32.7 Å². The topological polar surface area (TPSA) is 128 Å². The number of ether oxygens (including phenoxy) is 1. The van der Waals surface area contributed by atoms with Crippen LogP contribution in [0.1, 0.15) is 65.1 Å². The van der Waals surface area contributed by atoms with Gasteiger partial charge >= 0.3 is 18.4 Å². The molecule has 5 rings (SSSR count). The zero-order valence-electron chi connectivity index (χ0n) is 27.2. The van der Waals surface area contributed by atoms with Crippen LogP contribution in [0.4, 0.5) is 23.7 Å². The number of alkyl halides is 3. The normalized spacial score (nSPS) is 14.0. The quantitative estimate of drug-likeness (QED) is 0.123. The van der Waals surface area contributed by atoms with Crippen molar-refractivity contribution in [3.8, 4) is 16.9 Å². The minimum absolute atomic E-state index is 0.0807. The van der Waals surface area contributed by atoms with Crippen LogP contribution in [0.2, 0.25) is 0 Å². The molecule has 0 spiro atoms. The average Bonchev–Trinajstić information content (AvgIpc) is 3.12. The number of carboxylic acids is 1. The van der Waals surface area contributed by atoms with Gasteiger partial charge in [0.25, 0.3) is 5.91 Å². The van der Waals surface area contributed by atoms with Crippen LogP contribution in [-0.2, 0) is 17.9 Å². The van der Waals surface area contributed by atoms with Gasteiger partial charge in [0.1, 0.15) is 5.75 Å². The highest BCUT2D eigenvalue weighted by atomic mass is 19.4. The fraction of sp³-hybridized carbons (Fsp3) is 0.289. The molecule has 1 atom stereocenters. The number of aliphatic carboxylic acids is 1. The second-order valence-electron chi connectivity index (χ2n) is 12.2. The number of halogens is 3. The van der Waals surface area contributed by atoms with Crippen molar-refractivity contribution in [2.45, 2.75) is 63.6 Å². The third kappa shape index (κ3) is 9.85. The lowest BCUT2D eigenvalue weighted by molar-refractivity contribution is -0.274. The second-order valence-corrected chi connectivity index (χ2v) is 12.2. The van der Waals surface area contributed by atoms with Crippen molar-refractivity contribution in [1.29, 1.82) is 0 Å². The van der Waals surface area contributed by atoms with Crippen molar-refractivity contribution >= 4 is 23.6 Å². The Morgan fingerprint density at radius 2 is 1.56 bits per heavy atom. The maximum absolute atomic E-state index is 13.9. The van der Waals surface area contributed by atoms with Crippen molar-refractivity contribution < 1.29 is 42.5 Å². The van der Waals surface area contributed by atoms with E-state index in [1.807, 2.05) is 12.1 Å². The van der Waals surface area contributed by atoms with Crippen LogP contribution in [0.5, 0.6) is 5.75 Å². The minimum atomic E-state index is -4.83. The van der Waals surface area contributed by atoms with Crippen LogP contribution < -0.4 is 20.3 Å². The van der Waals surface area contributed by atoms with E-state index in [1.54, 1.807) is 59.5 Å². The Kier molecular flexibility index (Phi) is 11.8. The van der Waals surface area contributed by atoms with Crippen molar-refractivity contribution in [3.05, 3.63) is 119 Å². The van der Waals surface area contributed by atoms with Gasteiger partial charge in [0.2, 0.25) is 0 Å². The highest BCUT2D eigenvalue weighted by Crippen LogP contribution is 2.34. The number of carbonyl (C=O) groups is 3. The molecular formula is C38H38F3N3O6. The maximum Gasteiger partial charge on any atom is 0.573 e. The molecule has 4 aromatic carbocycles. The predicted molar refractivity (Wildman–Crippen MR) is 182 cm³/mol. The third-order valence-corrected chi connectivity index (χ3v) is 8.65. The van der Waals surface area contributed by atoms with Gasteiger partial charge in [0.15, 0.2) is 6.10 Å². The Balaban J connectivity index is 1.34. The number of carboxylic acid groups (broad SMARTS) is 1. The molecule has 0 aliphatic heterocycles. The van der Waals surface area contributed by atoms with Crippen LogP contribution in [0.3, 0.4) is 0 Å². The second kappa shape index (κ2) is 16.4. The SMILES string of the molecule is O=C(NCC(O)C(=O)O)c1ccc(CN(C(=O)NCc2ccccc2-c2cccc(OC(F)(F)F)c2)c2ccc(C3CCCCC3)cc2)cc1. The number of hydrogen-bond acceptors (Lipinski definition) is 5. The van der Waals surface area contributed by atoms with Crippen LogP contribution in [0, 0.1) is 0 Å². The molecule has 9 nitrogen and oxygen atoms in total. The fourth-order valence-electron chi connectivity index (χ4n) is 6.05.